The molecule has 1 heterocycles. The molecule has 3 rings (SSSR count). The number of carbonyl (C=O) groups excluding carboxylic acids is 2. The minimum atomic E-state index is -1.66. The van der Waals surface area contributed by atoms with E-state index >= 15 is 0 Å². The van der Waals surface area contributed by atoms with Gasteiger partial charge in [0, 0.05) is 6.08 Å². The molecule has 106 valence electrons. The zero-order valence-corrected chi connectivity index (χ0v) is 10.9. The van der Waals surface area contributed by atoms with Gasteiger partial charge >= 0.3 is 0 Å². The van der Waals surface area contributed by atoms with E-state index in [0.717, 1.165) is 23.5 Å². The van der Waals surface area contributed by atoms with Crippen LogP contribution in [0.4, 0.5) is 18.9 Å². The monoisotopic (exact) mass is 310 g/mol. The molecule has 0 bridgehead atoms. The highest BCUT2D eigenvalue weighted by Gasteiger charge is 2.29. The molecule has 2 aromatic rings. The highest BCUT2D eigenvalue weighted by atomic mass is 32.1. The number of thiazole rings is 1. The molecule has 8 heteroatoms. The molecule has 0 fully saturated rings. The van der Waals surface area contributed by atoms with E-state index in [0.29, 0.717) is 6.07 Å². The summed E-state index contributed by atoms with van der Waals surface area (Å²) in [5.74, 6) is -5.55. The van der Waals surface area contributed by atoms with Gasteiger partial charge in [0.2, 0.25) is 11.6 Å². The van der Waals surface area contributed by atoms with E-state index in [2.05, 4.69) is 10.3 Å². The lowest BCUT2D eigenvalue weighted by molar-refractivity contribution is 0.0986. The quantitative estimate of drug-likeness (QED) is 0.867. The number of hydrogen-bond donors (Lipinski definition) is 1. The Hall–Kier alpha value is -2.48. The fourth-order valence-corrected chi connectivity index (χ4v) is 2.58. The van der Waals surface area contributed by atoms with Crippen LogP contribution in [-0.4, -0.2) is 16.6 Å². The molecule has 1 aliphatic carbocycles. The first kappa shape index (κ1) is 13.5. The molecule has 4 nitrogen and oxygen atoms in total. The minimum Gasteiger partial charge on any atom is -0.350 e. The number of aromatic nitrogens is 1. The first-order chi connectivity index (χ1) is 9.99. The third-order valence-corrected chi connectivity index (χ3v) is 3.66. The molecule has 0 spiro atoms. The summed E-state index contributed by atoms with van der Waals surface area (Å²) in [4.78, 5) is 27.7. The van der Waals surface area contributed by atoms with Gasteiger partial charge in [0.05, 0.1) is 16.9 Å². The van der Waals surface area contributed by atoms with E-state index in [1.54, 1.807) is 0 Å². The predicted molar refractivity (Wildman–Crippen MR) is 68.8 cm³/mol. The van der Waals surface area contributed by atoms with Crippen LogP contribution < -0.4 is 5.32 Å². The van der Waals surface area contributed by atoms with Crippen LogP contribution in [-0.2, 0) is 0 Å². The average molecular weight is 310 g/mol. The van der Waals surface area contributed by atoms with Gasteiger partial charge in [-0.1, -0.05) is 0 Å². The maximum Gasteiger partial charge on any atom is 0.221 e. The van der Waals surface area contributed by atoms with Crippen LogP contribution in [0.1, 0.15) is 20.2 Å². The lowest BCUT2D eigenvalue weighted by Crippen LogP contribution is -2.20. The van der Waals surface area contributed by atoms with E-state index in [1.165, 1.54) is 5.51 Å². The number of ketones is 2. The number of halogens is 3. The Kier molecular flexibility index (Phi) is 3.09. The molecule has 0 atom stereocenters. The van der Waals surface area contributed by atoms with Gasteiger partial charge in [0.1, 0.15) is 10.6 Å². The van der Waals surface area contributed by atoms with Gasteiger partial charge < -0.3 is 5.32 Å². The van der Waals surface area contributed by atoms with Gasteiger partial charge in [-0.15, -0.1) is 11.3 Å². The molecule has 0 saturated heterocycles. The number of nitrogens with one attached hydrogen (secondary N) is 1. The number of allylic oxidation sites excluding steroid dienone is 2. The molecule has 1 aromatic heterocycles. The van der Waals surface area contributed by atoms with Gasteiger partial charge in [0.25, 0.3) is 0 Å². The second kappa shape index (κ2) is 4.81. The van der Waals surface area contributed by atoms with Gasteiger partial charge in [-0.05, 0) is 12.1 Å². The number of Topliss-reactive ketones (excluding diaryl/α,β-unsaturated/α-hetero) is 1. The summed E-state index contributed by atoms with van der Waals surface area (Å²) in [5.41, 5.74) is 0.715. The van der Waals surface area contributed by atoms with E-state index in [-0.39, 0.29) is 16.3 Å². The zero-order chi connectivity index (χ0) is 15.1. The summed E-state index contributed by atoms with van der Waals surface area (Å²) >= 11 is 0.971. The minimum absolute atomic E-state index is 0.0290. The second-order valence-corrected chi connectivity index (χ2v) is 4.98. The average Bonchev–Trinajstić information content (AvgIpc) is 2.95. The second-order valence-electron chi connectivity index (χ2n) is 4.13. The topological polar surface area (TPSA) is 59.1 Å². The SMILES string of the molecule is O=C1C=C(Nc2ccc(F)c(F)c2F)C(=O)c2scnc21. The number of benzene rings is 1. The van der Waals surface area contributed by atoms with Crippen LogP contribution in [0.25, 0.3) is 0 Å². The van der Waals surface area contributed by atoms with Crippen molar-refractivity contribution >= 4 is 28.6 Å². The molecule has 0 aliphatic heterocycles. The highest BCUT2D eigenvalue weighted by molar-refractivity contribution is 7.12. The normalized spacial score (nSPS) is 14.0. The Bertz CT molecular complexity index is 814. The Morgan fingerprint density at radius 2 is 1.86 bits per heavy atom. The Morgan fingerprint density at radius 3 is 2.62 bits per heavy atom. The third-order valence-electron chi connectivity index (χ3n) is 2.83. The Morgan fingerprint density at radius 1 is 1.10 bits per heavy atom. The summed E-state index contributed by atoms with van der Waals surface area (Å²) in [5, 5.41) is 2.32. The third kappa shape index (κ3) is 2.13. The van der Waals surface area contributed by atoms with E-state index in [9.17, 15) is 22.8 Å². The molecule has 1 aromatic carbocycles. The van der Waals surface area contributed by atoms with Crippen molar-refractivity contribution in [1.82, 2.24) is 4.98 Å². The largest absolute Gasteiger partial charge is 0.350 e. The number of anilines is 1. The summed E-state index contributed by atoms with van der Waals surface area (Å²) in [6, 6.07) is 1.66. The molecule has 0 amide bonds. The van der Waals surface area contributed by atoms with Gasteiger partial charge in [-0.25, -0.2) is 18.2 Å². The highest BCUT2D eigenvalue weighted by Crippen LogP contribution is 2.27. The molecule has 21 heavy (non-hydrogen) atoms. The first-order valence-corrected chi connectivity index (χ1v) is 6.51. The maximum atomic E-state index is 13.6. The van der Waals surface area contributed by atoms with Crippen LogP contribution >= 0.6 is 11.3 Å². The van der Waals surface area contributed by atoms with E-state index in [1.807, 2.05) is 0 Å². The fourth-order valence-electron chi connectivity index (χ4n) is 1.83. The van der Waals surface area contributed by atoms with E-state index in [4.69, 9.17) is 0 Å². The number of hydrogen-bond acceptors (Lipinski definition) is 5. The summed E-state index contributed by atoms with van der Waals surface area (Å²) in [6.45, 7) is 0. The maximum absolute atomic E-state index is 13.6. The predicted octanol–water partition coefficient (Wildman–Crippen LogP) is 2.94. The van der Waals surface area contributed by atoms with Crippen LogP contribution in [0.2, 0.25) is 0 Å². The van der Waals surface area contributed by atoms with Crippen molar-refractivity contribution in [2.24, 2.45) is 0 Å². The molecular formula is C13H5F3N2O2S. The number of rotatable bonds is 2. The van der Waals surface area contributed by atoms with Crippen molar-refractivity contribution in [2.45, 2.75) is 0 Å². The van der Waals surface area contributed by atoms with Crippen molar-refractivity contribution in [3.8, 4) is 0 Å². The van der Waals surface area contributed by atoms with Crippen molar-refractivity contribution < 1.29 is 22.8 Å². The summed E-state index contributed by atoms with van der Waals surface area (Å²) in [6.07, 6.45) is 0.949. The number of fused-ring (bicyclic) bond motifs is 1. The lowest BCUT2D eigenvalue weighted by atomic mass is 10.0. The van der Waals surface area contributed by atoms with Crippen molar-refractivity contribution in [1.29, 1.82) is 0 Å². The van der Waals surface area contributed by atoms with Crippen LogP contribution in [0, 0.1) is 17.5 Å². The summed E-state index contributed by atoms with van der Waals surface area (Å²) in [7, 11) is 0. The molecule has 0 radical (unpaired) electrons. The van der Waals surface area contributed by atoms with Crippen LogP contribution in [0.5, 0.6) is 0 Å². The number of carbonyl (C=O) groups is 2. The number of nitrogens with zero attached hydrogens (tertiary/aromatic N) is 1. The molecule has 1 aliphatic rings. The summed E-state index contributed by atoms with van der Waals surface area (Å²) < 4.78 is 39.6. The van der Waals surface area contributed by atoms with Gasteiger partial charge in [0.15, 0.2) is 17.5 Å². The van der Waals surface area contributed by atoms with Gasteiger partial charge in [-0.3, -0.25) is 9.59 Å². The Labute approximate surface area is 119 Å². The van der Waals surface area contributed by atoms with Crippen LogP contribution in [0.15, 0.2) is 29.4 Å². The molecular weight excluding hydrogens is 305 g/mol. The Balaban J connectivity index is 1.98. The first-order valence-electron chi connectivity index (χ1n) is 5.63. The zero-order valence-electron chi connectivity index (χ0n) is 10.1. The van der Waals surface area contributed by atoms with Crippen LogP contribution in [0.3, 0.4) is 0 Å². The van der Waals surface area contributed by atoms with Crippen molar-refractivity contribution in [3.63, 3.8) is 0 Å². The smallest absolute Gasteiger partial charge is 0.221 e. The fraction of sp³-hybridized carbons (Fsp3) is 0. The molecule has 1 N–H and O–H groups in total. The molecule has 0 saturated carbocycles. The van der Waals surface area contributed by atoms with Crippen molar-refractivity contribution in [2.75, 3.05) is 5.32 Å². The standard InChI is InChI=1S/C13H5F3N2O2S/c14-5-1-2-6(10(16)9(5)15)18-7-3-8(19)11-13(12(7)20)21-4-17-11/h1-4,18H. The van der Waals surface area contributed by atoms with Gasteiger partial charge in [-0.2, -0.15) is 0 Å². The van der Waals surface area contributed by atoms with E-state index < -0.39 is 34.7 Å². The van der Waals surface area contributed by atoms with Crippen molar-refractivity contribution in [3.05, 3.63) is 57.4 Å². The molecule has 0 unspecified atom stereocenters. The lowest BCUT2D eigenvalue weighted by Gasteiger charge is -2.13.